The lowest BCUT2D eigenvalue weighted by atomic mass is 10.1. The highest BCUT2D eigenvalue weighted by molar-refractivity contribution is 5.77. The highest BCUT2D eigenvalue weighted by Gasteiger charge is 2.22. The van der Waals surface area contributed by atoms with E-state index in [-0.39, 0.29) is 35.5 Å². The third-order valence-corrected chi connectivity index (χ3v) is 7.60. The highest BCUT2D eigenvalue weighted by Crippen LogP contribution is 2.20. The van der Waals surface area contributed by atoms with Gasteiger partial charge in [0.2, 0.25) is 17.7 Å². The number of carbonyl (C=O) groups excluding carboxylic acids is 3. The van der Waals surface area contributed by atoms with Crippen LogP contribution in [0.4, 0.5) is 0 Å². The van der Waals surface area contributed by atoms with Crippen LogP contribution in [-0.4, -0.2) is 47.4 Å². The monoisotopic (exact) mass is 612 g/mol. The van der Waals surface area contributed by atoms with Crippen LogP contribution in [0, 0.1) is 17.8 Å². The second-order valence-electron chi connectivity index (χ2n) is 13.6. The molecule has 3 aromatic rings. The van der Waals surface area contributed by atoms with Gasteiger partial charge in [-0.1, -0.05) is 41.5 Å². The second-order valence-corrected chi connectivity index (χ2v) is 13.6. The standard InChI is InChI=1S/C36H48N6O3/c1-25(2)7-34(43)40-19-28-10-30(15-37-13-28)21-41(35(44)8-26(3)4)23-32-12-33(18-39-17-32)24-42(36(45)9-27(5)6)22-31-11-29(20-40)14-38-16-31/h10-18,25-27H,7-9,19-24H2,1-6H3. The zero-order valence-corrected chi connectivity index (χ0v) is 27.7. The van der Waals surface area contributed by atoms with Crippen molar-refractivity contribution in [3.63, 3.8) is 0 Å². The van der Waals surface area contributed by atoms with E-state index in [4.69, 9.17) is 0 Å². The van der Waals surface area contributed by atoms with Crippen molar-refractivity contribution in [2.75, 3.05) is 0 Å². The Kier molecular flexibility index (Phi) is 11.8. The van der Waals surface area contributed by atoms with Crippen LogP contribution in [0.1, 0.15) is 94.2 Å². The van der Waals surface area contributed by atoms with E-state index in [0.717, 1.165) is 33.4 Å². The molecule has 6 bridgehead atoms. The van der Waals surface area contributed by atoms with E-state index < -0.39 is 0 Å². The molecule has 0 radical (unpaired) electrons. The predicted octanol–water partition coefficient (Wildman–Crippen LogP) is 5.91. The summed E-state index contributed by atoms with van der Waals surface area (Å²) in [5.41, 5.74) is 5.42. The number of hydrogen-bond donors (Lipinski definition) is 0. The van der Waals surface area contributed by atoms with Crippen LogP contribution >= 0.6 is 0 Å². The summed E-state index contributed by atoms with van der Waals surface area (Å²) in [5.74, 6) is 0.822. The van der Waals surface area contributed by atoms with Crippen molar-refractivity contribution in [2.24, 2.45) is 17.8 Å². The Morgan fingerprint density at radius 1 is 0.467 bits per heavy atom. The topological polar surface area (TPSA) is 99.6 Å². The Balaban J connectivity index is 1.78. The molecule has 0 unspecified atom stereocenters. The maximum Gasteiger partial charge on any atom is 0.223 e. The molecular formula is C36H48N6O3. The average Bonchev–Trinajstić information content (AvgIpc) is 2.95. The summed E-state index contributed by atoms with van der Waals surface area (Å²) in [6, 6.07) is 6.13. The minimum absolute atomic E-state index is 0.0590. The Labute approximate surface area is 268 Å². The average molecular weight is 613 g/mol. The molecule has 4 heterocycles. The number of rotatable bonds is 6. The first kappa shape index (κ1) is 33.7. The third-order valence-electron chi connectivity index (χ3n) is 7.60. The van der Waals surface area contributed by atoms with Gasteiger partial charge in [-0.3, -0.25) is 29.3 Å². The molecule has 45 heavy (non-hydrogen) atoms. The molecule has 1 aliphatic heterocycles. The van der Waals surface area contributed by atoms with Gasteiger partial charge in [-0.2, -0.15) is 0 Å². The summed E-state index contributed by atoms with van der Waals surface area (Å²) in [5, 5.41) is 0. The van der Waals surface area contributed by atoms with E-state index in [1.54, 1.807) is 37.2 Å². The Bertz CT molecular complexity index is 1230. The van der Waals surface area contributed by atoms with Crippen molar-refractivity contribution in [2.45, 2.75) is 100 Å². The van der Waals surface area contributed by atoms with Crippen LogP contribution in [0.5, 0.6) is 0 Å². The Morgan fingerprint density at radius 3 is 0.844 bits per heavy atom. The summed E-state index contributed by atoms with van der Waals surface area (Å²) in [4.78, 5) is 59.5. The lowest BCUT2D eigenvalue weighted by Crippen LogP contribution is -2.33. The molecule has 0 aromatic carbocycles. The van der Waals surface area contributed by atoms with Gasteiger partial charge in [0.25, 0.3) is 0 Å². The highest BCUT2D eigenvalue weighted by atomic mass is 16.2. The molecule has 3 amide bonds. The van der Waals surface area contributed by atoms with Gasteiger partial charge in [-0.15, -0.1) is 0 Å². The van der Waals surface area contributed by atoms with Crippen molar-refractivity contribution in [1.82, 2.24) is 29.7 Å². The smallest absolute Gasteiger partial charge is 0.223 e. The lowest BCUT2D eigenvalue weighted by Gasteiger charge is -2.27. The fourth-order valence-corrected chi connectivity index (χ4v) is 5.60. The maximum absolute atomic E-state index is 13.5. The van der Waals surface area contributed by atoms with Gasteiger partial charge in [0.1, 0.15) is 0 Å². The molecule has 4 rings (SSSR count). The third kappa shape index (κ3) is 10.5. The predicted molar refractivity (Wildman–Crippen MR) is 174 cm³/mol. The summed E-state index contributed by atoms with van der Waals surface area (Å²) in [7, 11) is 0. The number of pyridine rings is 3. The van der Waals surface area contributed by atoms with Gasteiger partial charge >= 0.3 is 0 Å². The van der Waals surface area contributed by atoms with Crippen molar-refractivity contribution >= 4 is 17.7 Å². The number of carbonyl (C=O) groups is 3. The van der Waals surface area contributed by atoms with E-state index in [0.29, 0.717) is 58.5 Å². The van der Waals surface area contributed by atoms with Crippen LogP contribution in [0.3, 0.4) is 0 Å². The van der Waals surface area contributed by atoms with E-state index in [1.165, 1.54) is 0 Å². The van der Waals surface area contributed by atoms with E-state index in [1.807, 2.05) is 74.4 Å². The maximum atomic E-state index is 13.5. The lowest BCUT2D eigenvalue weighted by molar-refractivity contribution is -0.134. The normalized spacial score (nSPS) is 14.5. The van der Waals surface area contributed by atoms with Crippen LogP contribution < -0.4 is 0 Å². The van der Waals surface area contributed by atoms with Crippen molar-refractivity contribution < 1.29 is 14.4 Å². The Morgan fingerprint density at radius 2 is 0.667 bits per heavy atom. The molecule has 0 aliphatic carbocycles. The molecule has 0 N–H and O–H groups in total. The molecule has 0 atom stereocenters. The quantitative estimate of drug-likeness (QED) is 0.343. The number of fused-ring (bicyclic) bond motifs is 6. The zero-order chi connectivity index (χ0) is 32.5. The van der Waals surface area contributed by atoms with Gasteiger partial charge in [0, 0.05) is 95.7 Å². The minimum atomic E-state index is 0.0590. The van der Waals surface area contributed by atoms with Gasteiger partial charge in [-0.05, 0) is 69.3 Å². The van der Waals surface area contributed by atoms with Gasteiger partial charge < -0.3 is 14.7 Å². The molecule has 0 fully saturated rings. The van der Waals surface area contributed by atoms with Gasteiger partial charge in [0.15, 0.2) is 0 Å². The number of amides is 3. The molecule has 0 saturated heterocycles. The number of hydrogen-bond acceptors (Lipinski definition) is 6. The first-order valence-corrected chi connectivity index (χ1v) is 16.1. The fraction of sp³-hybridized carbons (Fsp3) is 0.500. The SMILES string of the molecule is CC(C)CC(=O)N1Cc2cncc(c2)CN(C(=O)CC(C)C)Cc2cncc(c2)CN(C(=O)CC(C)C)Cc2cncc(c2)C1. The second kappa shape index (κ2) is 15.7. The van der Waals surface area contributed by atoms with Crippen molar-refractivity contribution in [3.8, 4) is 0 Å². The molecule has 0 spiro atoms. The summed E-state index contributed by atoms with van der Waals surface area (Å²) >= 11 is 0. The molecule has 3 aromatic heterocycles. The summed E-state index contributed by atoms with van der Waals surface area (Å²) < 4.78 is 0. The van der Waals surface area contributed by atoms with Gasteiger partial charge in [0.05, 0.1) is 0 Å². The fourth-order valence-electron chi connectivity index (χ4n) is 5.60. The van der Waals surface area contributed by atoms with Crippen LogP contribution in [0.2, 0.25) is 0 Å². The molecular weight excluding hydrogens is 564 g/mol. The van der Waals surface area contributed by atoms with Gasteiger partial charge in [-0.25, -0.2) is 0 Å². The van der Waals surface area contributed by atoms with E-state index >= 15 is 0 Å². The Hall–Kier alpha value is -4.14. The number of nitrogens with zero attached hydrogens (tertiary/aromatic N) is 6. The van der Waals surface area contributed by atoms with Crippen molar-refractivity contribution in [1.29, 1.82) is 0 Å². The van der Waals surface area contributed by atoms with Crippen LogP contribution in [0.25, 0.3) is 0 Å². The van der Waals surface area contributed by atoms with Crippen LogP contribution in [-0.2, 0) is 53.7 Å². The molecule has 9 nitrogen and oxygen atoms in total. The largest absolute Gasteiger partial charge is 0.334 e. The number of aromatic nitrogens is 3. The molecule has 9 heteroatoms. The van der Waals surface area contributed by atoms with Crippen LogP contribution in [0.15, 0.2) is 55.4 Å². The van der Waals surface area contributed by atoms with Crippen molar-refractivity contribution in [3.05, 3.63) is 88.8 Å². The molecule has 1 aliphatic rings. The molecule has 0 saturated carbocycles. The summed E-state index contributed by atoms with van der Waals surface area (Å²) in [6.45, 7) is 14.6. The molecule has 240 valence electrons. The first-order valence-electron chi connectivity index (χ1n) is 16.1. The van der Waals surface area contributed by atoms with E-state index in [9.17, 15) is 14.4 Å². The summed E-state index contributed by atoms with van der Waals surface area (Å²) in [6.07, 6.45) is 12.0. The first-order chi connectivity index (χ1) is 21.4. The van der Waals surface area contributed by atoms with E-state index in [2.05, 4.69) is 15.0 Å². The minimum Gasteiger partial charge on any atom is -0.334 e. The zero-order valence-electron chi connectivity index (χ0n) is 27.7.